The molecule has 0 bridgehead atoms. The second-order valence-electron chi connectivity index (χ2n) is 5.59. The van der Waals surface area contributed by atoms with Crippen LogP contribution in [0.2, 0.25) is 0 Å². The quantitative estimate of drug-likeness (QED) is 0.354. The SMILES string of the molecule is COc1ccc(NC(=O)C(=O)Nc2ccc(OC)c(S(=O)(=O)O)c2)cc1S(=O)(=O)O. The zero-order chi connectivity index (χ0) is 22.7. The van der Waals surface area contributed by atoms with E-state index in [2.05, 4.69) is 10.6 Å². The maximum Gasteiger partial charge on any atom is 0.314 e. The van der Waals surface area contributed by atoms with Crippen molar-refractivity contribution in [3.63, 3.8) is 0 Å². The Hall–Kier alpha value is -3.20. The van der Waals surface area contributed by atoms with Crippen molar-refractivity contribution in [3.8, 4) is 11.5 Å². The molecule has 0 aromatic heterocycles. The molecule has 4 N–H and O–H groups in total. The summed E-state index contributed by atoms with van der Waals surface area (Å²) in [6, 6.07) is 6.51. The highest BCUT2D eigenvalue weighted by Crippen LogP contribution is 2.28. The molecule has 12 nitrogen and oxygen atoms in total. The topological polar surface area (TPSA) is 185 Å². The summed E-state index contributed by atoms with van der Waals surface area (Å²) < 4.78 is 73.6. The molecule has 0 saturated heterocycles. The fraction of sp³-hybridized carbons (Fsp3) is 0.125. The average Bonchev–Trinajstić information content (AvgIpc) is 2.66. The number of amides is 2. The van der Waals surface area contributed by atoms with Crippen molar-refractivity contribution in [1.82, 2.24) is 0 Å². The molecule has 0 atom stereocenters. The summed E-state index contributed by atoms with van der Waals surface area (Å²) in [5.74, 6) is -2.83. The minimum absolute atomic E-state index is 0.142. The zero-order valence-electron chi connectivity index (χ0n) is 15.4. The molecule has 2 amide bonds. The lowest BCUT2D eigenvalue weighted by atomic mass is 10.3. The van der Waals surface area contributed by atoms with E-state index >= 15 is 0 Å². The molecule has 0 spiro atoms. The van der Waals surface area contributed by atoms with Gasteiger partial charge in [0.05, 0.1) is 14.2 Å². The van der Waals surface area contributed by atoms with E-state index in [4.69, 9.17) is 9.47 Å². The number of ether oxygens (including phenoxy) is 2. The maximum absolute atomic E-state index is 12.1. The first-order valence-corrected chi connectivity index (χ1v) is 10.7. The van der Waals surface area contributed by atoms with Crippen LogP contribution in [0.3, 0.4) is 0 Å². The van der Waals surface area contributed by atoms with E-state index in [1.165, 1.54) is 26.4 Å². The summed E-state index contributed by atoms with van der Waals surface area (Å²) in [5, 5.41) is 4.24. The van der Waals surface area contributed by atoms with E-state index in [0.29, 0.717) is 0 Å². The monoisotopic (exact) mass is 460 g/mol. The third-order valence-corrected chi connectivity index (χ3v) is 5.35. The molecule has 30 heavy (non-hydrogen) atoms. The maximum atomic E-state index is 12.1. The van der Waals surface area contributed by atoms with E-state index in [1.807, 2.05) is 0 Å². The molecule has 0 aliphatic rings. The van der Waals surface area contributed by atoms with Crippen LogP contribution in [0.25, 0.3) is 0 Å². The van der Waals surface area contributed by atoms with Crippen LogP contribution in [0.1, 0.15) is 0 Å². The minimum Gasteiger partial charge on any atom is -0.495 e. The molecule has 2 rings (SSSR count). The summed E-state index contributed by atoms with van der Waals surface area (Å²) in [4.78, 5) is 22.9. The molecule has 0 saturated carbocycles. The molecular weight excluding hydrogens is 444 g/mol. The third-order valence-electron chi connectivity index (χ3n) is 3.61. The van der Waals surface area contributed by atoms with Crippen molar-refractivity contribution in [2.75, 3.05) is 24.9 Å². The molecule has 14 heteroatoms. The summed E-state index contributed by atoms with van der Waals surface area (Å²) >= 11 is 0. The number of carbonyl (C=O) groups excluding carboxylic acids is 2. The van der Waals surface area contributed by atoms with Crippen molar-refractivity contribution < 1.29 is 45.0 Å². The molecule has 0 aliphatic heterocycles. The lowest BCUT2D eigenvalue weighted by Gasteiger charge is -2.11. The Balaban J connectivity index is 2.23. The lowest BCUT2D eigenvalue weighted by Crippen LogP contribution is -2.29. The van der Waals surface area contributed by atoms with Gasteiger partial charge in [-0.25, -0.2) is 0 Å². The summed E-state index contributed by atoms with van der Waals surface area (Å²) in [6.45, 7) is 0. The summed E-state index contributed by atoms with van der Waals surface area (Å²) in [7, 11) is -6.99. The number of methoxy groups -OCH3 is 2. The Morgan fingerprint density at radius 1 is 0.733 bits per heavy atom. The number of hydrogen-bond donors (Lipinski definition) is 4. The number of benzene rings is 2. The van der Waals surface area contributed by atoms with Crippen LogP contribution in [0.15, 0.2) is 46.2 Å². The Morgan fingerprint density at radius 3 is 1.33 bits per heavy atom. The van der Waals surface area contributed by atoms with Crippen LogP contribution < -0.4 is 20.1 Å². The fourth-order valence-electron chi connectivity index (χ4n) is 2.29. The number of hydrogen-bond acceptors (Lipinski definition) is 8. The number of anilines is 2. The first-order valence-electron chi connectivity index (χ1n) is 7.80. The largest absolute Gasteiger partial charge is 0.495 e. The van der Waals surface area contributed by atoms with E-state index in [-0.39, 0.29) is 22.9 Å². The highest BCUT2D eigenvalue weighted by atomic mass is 32.2. The first-order chi connectivity index (χ1) is 13.9. The van der Waals surface area contributed by atoms with Crippen LogP contribution in [-0.2, 0) is 29.8 Å². The first kappa shape index (κ1) is 23.1. The smallest absolute Gasteiger partial charge is 0.314 e. The average molecular weight is 460 g/mol. The summed E-state index contributed by atoms with van der Waals surface area (Å²) in [5.41, 5.74) is -0.283. The van der Waals surface area contributed by atoms with Gasteiger partial charge in [-0.1, -0.05) is 0 Å². The van der Waals surface area contributed by atoms with Crippen LogP contribution in [0, 0.1) is 0 Å². The molecule has 2 aromatic carbocycles. The number of rotatable bonds is 6. The van der Waals surface area contributed by atoms with Gasteiger partial charge >= 0.3 is 11.8 Å². The van der Waals surface area contributed by atoms with Gasteiger partial charge in [0.15, 0.2) is 0 Å². The normalized spacial score (nSPS) is 11.5. The number of carbonyl (C=O) groups is 2. The summed E-state index contributed by atoms with van der Waals surface area (Å²) in [6.07, 6.45) is 0. The van der Waals surface area contributed by atoms with Crippen molar-refractivity contribution in [2.24, 2.45) is 0 Å². The van der Waals surface area contributed by atoms with Crippen molar-refractivity contribution in [3.05, 3.63) is 36.4 Å². The van der Waals surface area contributed by atoms with Gasteiger partial charge < -0.3 is 20.1 Å². The van der Waals surface area contributed by atoms with E-state index in [0.717, 1.165) is 24.3 Å². The zero-order valence-corrected chi connectivity index (χ0v) is 17.1. The predicted molar refractivity (Wildman–Crippen MR) is 103 cm³/mol. The third kappa shape index (κ3) is 5.44. The van der Waals surface area contributed by atoms with Crippen molar-refractivity contribution in [2.45, 2.75) is 9.79 Å². The highest BCUT2D eigenvalue weighted by molar-refractivity contribution is 7.86. The predicted octanol–water partition coefficient (Wildman–Crippen LogP) is 0.774. The molecule has 0 heterocycles. The van der Waals surface area contributed by atoms with Gasteiger partial charge in [-0.05, 0) is 36.4 Å². The van der Waals surface area contributed by atoms with Gasteiger partial charge in [0, 0.05) is 11.4 Å². The van der Waals surface area contributed by atoms with Crippen LogP contribution in [0.4, 0.5) is 11.4 Å². The lowest BCUT2D eigenvalue weighted by molar-refractivity contribution is -0.133. The van der Waals surface area contributed by atoms with Gasteiger partial charge in [0.2, 0.25) is 0 Å². The van der Waals surface area contributed by atoms with Gasteiger partial charge in [-0.15, -0.1) is 0 Å². The fourth-order valence-corrected chi connectivity index (χ4v) is 3.65. The molecule has 0 unspecified atom stereocenters. The number of nitrogens with one attached hydrogen (secondary N) is 2. The van der Waals surface area contributed by atoms with Crippen LogP contribution >= 0.6 is 0 Å². The van der Waals surface area contributed by atoms with E-state index in [1.54, 1.807) is 0 Å². The van der Waals surface area contributed by atoms with Crippen molar-refractivity contribution >= 4 is 43.4 Å². The van der Waals surface area contributed by atoms with Gasteiger partial charge in [0.25, 0.3) is 20.2 Å². The van der Waals surface area contributed by atoms with Gasteiger partial charge in [-0.3, -0.25) is 18.7 Å². The Labute approximate surface area is 171 Å². The van der Waals surface area contributed by atoms with Crippen LogP contribution in [-0.4, -0.2) is 52.0 Å². The van der Waals surface area contributed by atoms with E-state index in [9.17, 15) is 35.5 Å². The molecular formula is C16H16N2O10S2. The van der Waals surface area contributed by atoms with Gasteiger partial charge in [0.1, 0.15) is 21.3 Å². The Kier molecular flexibility index (Phi) is 6.66. The Bertz CT molecular complexity index is 1110. The van der Waals surface area contributed by atoms with Crippen molar-refractivity contribution in [1.29, 1.82) is 0 Å². The van der Waals surface area contributed by atoms with E-state index < -0.39 is 41.8 Å². The minimum atomic E-state index is -4.67. The van der Waals surface area contributed by atoms with Gasteiger partial charge in [-0.2, -0.15) is 16.8 Å². The second kappa shape index (κ2) is 8.66. The highest BCUT2D eigenvalue weighted by Gasteiger charge is 2.21. The Morgan fingerprint density at radius 2 is 1.07 bits per heavy atom. The molecule has 0 aliphatic carbocycles. The standard InChI is InChI=1S/C16H16N2O10S2/c1-27-11-5-3-9(7-13(11)29(21,22)23)17-15(19)16(20)18-10-4-6-12(28-2)14(8-10)30(24,25)26/h3-8H,1-2H3,(H,17,19)(H,18,20)(H,21,22,23)(H,24,25,26). The molecule has 162 valence electrons. The van der Waals surface area contributed by atoms with Crippen LogP contribution in [0.5, 0.6) is 11.5 Å². The molecule has 0 fully saturated rings. The molecule has 2 aromatic rings. The second-order valence-corrected chi connectivity index (χ2v) is 8.37. The molecule has 0 radical (unpaired) electrons.